The third-order valence-electron chi connectivity index (χ3n) is 7.42. The highest BCUT2D eigenvalue weighted by Crippen LogP contribution is 2.62. The molecule has 1 aliphatic carbocycles. The van der Waals surface area contributed by atoms with Gasteiger partial charge in [0.05, 0.1) is 5.41 Å². The average molecular weight is 370 g/mol. The first-order valence-corrected chi connectivity index (χ1v) is 10.1. The van der Waals surface area contributed by atoms with Gasteiger partial charge in [-0.3, -0.25) is 9.59 Å². The van der Waals surface area contributed by atoms with E-state index in [1.807, 2.05) is 49.3 Å². The van der Waals surface area contributed by atoms with Gasteiger partial charge in [0.25, 0.3) is 5.91 Å². The zero-order valence-electron chi connectivity index (χ0n) is 16.8. The molecule has 5 heteroatoms. The predicted octanol–water partition coefficient (Wildman–Crippen LogP) is 2.34. The van der Waals surface area contributed by atoms with Crippen LogP contribution in [0.3, 0.4) is 0 Å². The number of nitrogens with zero attached hydrogens (tertiary/aromatic N) is 3. The Morgan fingerprint density at radius 1 is 1.04 bits per heavy atom. The summed E-state index contributed by atoms with van der Waals surface area (Å²) in [7, 11) is 5.92. The van der Waals surface area contributed by atoms with Crippen LogP contribution in [0.2, 0.25) is 0 Å². The van der Waals surface area contributed by atoms with E-state index < -0.39 is 0 Å². The van der Waals surface area contributed by atoms with E-state index >= 15 is 0 Å². The predicted molar refractivity (Wildman–Crippen MR) is 105 cm³/mol. The molecule has 1 aromatic carbocycles. The average Bonchev–Trinajstić information content (AvgIpc) is 3.17. The molecule has 2 amide bonds. The number of hydrogen-bond acceptors (Lipinski definition) is 3. The van der Waals surface area contributed by atoms with Gasteiger partial charge in [0.1, 0.15) is 0 Å². The number of amides is 2. The summed E-state index contributed by atoms with van der Waals surface area (Å²) in [6.07, 6.45) is 4.16. The molecule has 5 nitrogen and oxygen atoms in total. The lowest BCUT2D eigenvalue weighted by molar-refractivity contribution is -0.141. The van der Waals surface area contributed by atoms with Crippen LogP contribution in [0.25, 0.3) is 0 Å². The molecule has 0 unspecified atom stereocenters. The maximum Gasteiger partial charge on any atom is 0.253 e. The molecule has 3 aliphatic rings. The number of rotatable bonds is 2. The minimum Gasteiger partial charge on any atom is -0.348 e. The van der Waals surface area contributed by atoms with Gasteiger partial charge < -0.3 is 14.7 Å². The molecule has 2 aliphatic heterocycles. The van der Waals surface area contributed by atoms with Crippen molar-refractivity contribution < 1.29 is 9.59 Å². The maximum absolute atomic E-state index is 13.1. The number of carbonyl (C=O) groups is 2. The van der Waals surface area contributed by atoms with Gasteiger partial charge in [-0.05, 0) is 56.2 Å². The summed E-state index contributed by atoms with van der Waals surface area (Å²) in [6.45, 7) is 3.50. The Labute approximate surface area is 162 Å². The zero-order valence-corrected chi connectivity index (χ0v) is 16.8. The molecule has 27 heavy (non-hydrogen) atoms. The van der Waals surface area contributed by atoms with Gasteiger partial charge in [0, 0.05) is 45.8 Å². The molecule has 4 rings (SSSR count). The van der Waals surface area contributed by atoms with Gasteiger partial charge in [-0.1, -0.05) is 18.2 Å². The maximum atomic E-state index is 13.1. The first kappa shape index (κ1) is 18.5. The number of piperidine rings is 1. The summed E-state index contributed by atoms with van der Waals surface area (Å²) >= 11 is 0. The summed E-state index contributed by atoms with van der Waals surface area (Å²) in [4.78, 5) is 32.1. The Morgan fingerprint density at radius 2 is 1.70 bits per heavy atom. The zero-order chi connectivity index (χ0) is 19.2. The number of fused-ring (bicyclic) bond motifs is 2. The third kappa shape index (κ3) is 2.87. The fourth-order valence-electron chi connectivity index (χ4n) is 6.11. The lowest BCUT2D eigenvalue weighted by Gasteiger charge is -2.44. The van der Waals surface area contributed by atoms with Crippen LogP contribution in [0, 0.1) is 16.7 Å². The monoisotopic (exact) mass is 369 g/mol. The Morgan fingerprint density at radius 3 is 2.33 bits per heavy atom. The molecule has 0 bridgehead atoms. The fraction of sp³-hybridized carbons (Fsp3) is 0.636. The van der Waals surface area contributed by atoms with E-state index in [0.29, 0.717) is 11.8 Å². The van der Waals surface area contributed by atoms with Crippen LogP contribution in [0.5, 0.6) is 0 Å². The van der Waals surface area contributed by atoms with Crippen LogP contribution < -0.4 is 0 Å². The van der Waals surface area contributed by atoms with Crippen molar-refractivity contribution in [1.82, 2.24) is 14.7 Å². The van der Waals surface area contributed by atoms with Crippen LogP contribution in [0.15, 0.2) is 30.3 Å². The highest BCUT2D eigenvalue weighted by atomic mass is 16.2. The van der Waals surface area contributed by atoms with Crippen molar-refractivity contribution in [2.75, 3.05) is 47.3 Å². The van der Waals surface area contributed by atoms with Crippen molar-refractivity contribution in [3.05, 3.63) is 35.9 Å². The van der Waals surface area contributed by atoms with Crippen LogP contribution in [0.4, 0.5) is 0 Å². The van der Waals surface area contributed by atoms with Gasteiger partial charge in [-0.2, -0.15) is 0 Å². The second-order valence-electron chi connectivity index (χ2n) is 9.13. The topological polar surface area (TPSA) is 43.9 Å². The Hall–Kier alpha value is -1.88. The smallest absolute Gasteiger partial charge is 0.253 e. The lowest BCUT2D eigenvalue weighted by Crippen LogP contribution is -2.49. The summed E-state index contributed by atoms with van der Waals surface area (Å²) in [5, 5.41) is 0. The molecular formula is C22H31N3O2. The first-order chi connectivity index (χ1) is 12.9. The second-order valence-corrected chi connectivity index (χ2v) is 9.13. The van der Waals surface area contributed by atoms with Gasteiger partial charge in [0.15, 0.2) is 0 Å². The van der Waals surface area contributed by atoms with Crippen molar-refractivity contribution >= 4 is 11.8 Å². The minimum absolute atomic E-state index is 0.141. The first-order valence-electron chi connectivity index (χ1n) is 10.1. The summed E-state index contributed by atoms with van der Waals surface area (Å²) in [5.74, 6) is 0.859. The minimum atomic E-state index is -0.218. The lowest BCUT2D eigenvalue weighted by atomic mass is 9.65. The van der Waals surface area contributed by atoms with E-state index in [9.17, 15) is 9.59 Å². The molecule has 1 spiro atoms. The number of benzene rings is 1. The van der Waals surface area contributed by atoms with Gasteiger partial charge >= 0.3 is 0 Å². The standard InChI is InChI=1S/C22H31N3O2/c1-23(2)20(27)22-10-9-21(18(22)15-24(3)16-22)11-13-25(14-12-21)19(26)17-7-5-4-6-8-17/h4-8,18H,9-16H2,1-3H3/t18-,22+/m0/s1. The molecule has 1 saturated carbocycles. The summed E-state index contributed by atoms with van der Waals surface area (Å²) in [5.41, 5.74) is 0.769. The van der Waals surface area contributed by atoms with E-state index in [2.05, 4.69) is 11.9 Å². The molecule has 2 atom stereocenters. The molecule has 146 valence electrons. The van der Waals surface area contributed by atoms with Crippen molar-refractivity contribution in [1.29, 1.82) is 0 Å². The second kappa shape index (κ2) is 6.62. The van der Waals surface area contributed by atoms with E-state index in [4.69, 9.17) is 0 Å². The van der Waals surface area contributed by atoms with Gasteiger partial charge in [0.2, 0.25) is 5.91 Å². The highest BCUT2D eigenvalue weighted by molar-refractivity contribution is 5.94. The van der Waals surface area contributed by atoms with Gasteiger partial charge in [-0.25, -0.2) is 0 Å². The number of carbonyl (C=O) groups excluding carboxylic acids is 2. The van der Waals surface area contributed by atoms with E-state index in [-0.39, 0.29) is 16.7 Å². The normalized spacial score (nSPS) is 29.7. The van der Waals surface area contributed by atoms with Crippen molar-refractivity contribution in [3.8, 4) is 0 Å². The van der Waals surface area contributed by atoms with Crippen LogP contribution in [0.1, 0.15) is 36.0 Å². The van der Waals surface area contributed by atoms with E-state index in [1.54, 1.807) is 4.90 Å². The van der Waals surface area contributed by atoms with Crippen molar-refractivity contribution in [2.45, 2.75) is 25.7 Å². The number of likely N-dealkylation sites (tertiary alicyclic amines) is 2. The SMILES string of the molecule is CN1C[C@H]2C3(CCN(C(=O)c4ccccc4)CC3)CC[C@@]2(C(=O)N(C)C)C1. The molecule has 2 saturated heterocycles. The molecular weight excluding hydrogens is 338 g/mol. The van der Waals surface area contributed by atoms with E-state index in [0.717, 1.165) is 57.4 Å². The van der Waals surface area contributed by atoms with Crippen LogP contribution in [-0.2, 0) is 4.79 Å². The van der Waals surface area contributed by atoms with Crippen LogP contribution in [-0.4, -0.2) is 73.8 Å². The van der Waals surface area contributed by atoms with Crippen molar-refractivity contribution in [2.24, 2.45) is 16.7 Å². The molecule has 2 heterocycles. The van der Waals surface area contributed by atoms with Gasteiger partial charge in [-0.15, -0.1) is 0 Å². The summed E-state index contributed by atoms with van der Waals surface area (Å²) < 4.78 is 0. The fourth-order valence-corrected chi connectivity index (χ4v) is 6.11. The summed E-state index contributed by atoms with van der Waals surface area (Å²) in [6, 6.07) is 9.58. The van der Waals surface area contributed by atoms with Crippen LogP contribution >= 0.6 is 0 Å². The molecule has 0 N–H and O–H groups in total. The Kier molecular flexibility index (Phi) is 4.53. The van der Waals surface area contributed by atoms with Crippen molar-refractivity contribution in [3.63, 3.8) is 0 Å². The molecule has 1 aromatic rings. The molecule has 0 aromatic heterocycles. The highest BCUT2D eigenvalue weighted by Gasteiger charge is 2.64. The quantitative estimate of drug-likeness (QED) is 0.804. The third-order valence-corrected chi connectivity index (χ3v) is 7.42. The Balaban J connectivity index is 1.51. The largest absolute Gasteiger partial charge is 0.348 e. The van der Waals surface area contributed by atoms with E-state index in [1.165, 1.54) is 0 Å². The number of hydrogen-bond donors (Lipinski definition) is 0. The Bertz CT molecular complexity index is 724. The molecule has 3 fully saturated rings. The molecule has 0 radical (unpaired) electrons.